The van der Waals surface area contributed by atoms with E-state index in [1.54, 1.807) is 0 Å². The van der Waals surface area contributed by atoms with Gasteiger partial charge < -0.3 is 4.90 Å². The van der Waals surface area contributed by atoms with Gasteiger partial charge in [0.05, 0.1) is 5.41 Å². The van der Waals surface area contributed by atoms with Crippen LogP contribution in [0.5, 0.6) is 0 Å². The molecule has 106 valence electrons. The van der Waals surface area contributed by atoms with E-state index in [0.717, 1.165) is 19.0 Å². The van der Waals surface area contributed by atoms with Gasteiger partial charge in [0.15, 0.2) is 0 Å². The minimum Gasteiger partial charge on any atom is -0.342 e. The number of nitrogens with zero attached hydrogens (tertiary/aromatic N) is 1. The third kappa shape index (κ3) is 1.71. The van der Waals surface area contributed by atoms with Crippen LogP contribution in [0.25, 0.3) is 0 Å². The fraction of sp³-hybridized carbons (Fsp3) is 0.941. The summed E-state index contributed by atoms with van der Waals surface area (Å²) in [6.45, 7) is 6.97. The second kappa shape index (κ2) is 3.56. The lowest BCUT2D eigenvalue weighted by Crippen LogP contribution is -2.60. The number of likely N-dealkylation sites (tertiary alicyclic amines) is 1. The Morgan fingerprint density at radius 3 is 2.05 bits per heavy atom. The van der Waals surface area contributed by atoms with Crippen molar-refractivity contribution in [3.8, 4) is 0 Å². The van der Waals surface area contributed by atoms with Gasteiger partial charge in [-0.3, -0.25) is 4.79 Å². The molecule has 5 fully saturated rings. The van der Waals surface area contributed by atoms with E-state index >= 15 is 0 Å². The molecule has 0 unspecified atom stereocenters. The highest BCUT2D eigenvalue weighted by Gasteiger charge is 2.63. The highest BCUT2D eigenvalue weighted by molar-refractivity contribution is 5.83. The van der Waals surface area contributed by atoms with Crippen molar-refractivity contribution in [1.29, 1.82) is 0 Å². The molecule has 19 heavy (non-hydrogen) atoms. The second-order valence-electron chi connectivity index (χ2n) is 8.91. The van der Waals surface area contributed by atoms with E-state index in [2.05, 4.69) is 18.7 Å². The molecule has 0 aromatic carbocycles. The maximum absolute atomic E-state index is 13.1. The zero-order valence-corrected chi connectivity index (χ0v) is 12.5. The first-order valence-electron chi connectivity index (χ1n) is 8.22. The first-order valence-corrected chi connectivity index (χ1v) is 8.22. The van der Waals surface area contributed by atoms with Gasteiger partial charge in [-0.15, -0.1) is 0 Å². The van der Waals surface area contributed by atoms with Crippen LogP contribution in [0.3, 0.4) is 0 Å². The predicted molar refractivity (Wildman–Crippen MR) is 75.7 cm³/mol. The smallest absolute Gasteiger partial charge is 0.228 e. The lowest BCUT2D eigenvalue weighted by molar-refractivity contribution is -0.178. The molecule has 0 spiro atoms. The van der Waals surface area contributed by atoms with Crippen LogP contribution in [0.2, 0.25) is 0 Å². The molecular weight excluding hydrogens is 234 g/mol. The Hall–Kier alpha value is -0.530. The molecule has 0 aromatic rings. The molecule has 4 aliphatic carbocycles. The number of hydrogen-bond acceptors (Lipinski definition) is 1. The topological polar surface area (TPSA) is 20.3 Å². The van der Waals surface area contributed by atoms with Crippen LogP contribution in [-0.2, 0) is 4.79 Å². The van der Waals surface area contributed by atoms with E-state index in [0.29, 0.717) is 16.7 Å². The van der Waals surface area contributed by atoms with Gasteiger partial charge >= 0.3 is 0 Å². The van der Waals surface area contributed by atoms with E-state index < -0.39 is 0 Å². The Morgan fingerprint density at radius 2 is 1.53 bits per heavy atom. The quantitative estimate of drug-likeness (QED) is 0.706. The lowest BCUT2D eigenvalue weighted by atomic mass is 9.40. The van der Waals surface area contributed by atoms with Gasteiger partial charge in [0.2, 0.25) is 5.91 Å². The van der Waals surface area contributed by atoms with Crippen molar-refractivity contribution in [3.05, 3.63) is 0 Å². The van der Waals surface area contributed by atoms with Gasteiger partial charge in [0.25, 0.3) is 0 Å². The van der Waals surface area contributed by atoms with E-state index in [1.807, 2.05) is 0 Å². The third-order valence-corrected chi connectivity index (χ3v) is 6.47. The summed E-state index contributed by atoms with van der Waals surface area (Å²) >= 11 is 0. The number of carbonyl (C=O) groups is 1. The maximum Gasteiger partial charge on any atom is 0.228 e. The molecule has 1 heterocycles. The van der Waals surface area contributed by atoms with Gasteiger partial charge in [0, 0.05) is 13.1 Å². The Balaban J connectivity index is 1.68. The van der Waals surface area contributed by atoms with Crippen molar-refractivity contribution >= 4 is 5.91 Å². The molecule has 4 saturated carbocycles. The van der Waals surface area contributed by atoms with Crippen LogP contribution in [-0.4, -0.2) is 23.9 Å². The van der Waals surface area contributed by atoms with Crippen LogP contribution in [0.4, 0.5) is 0 Å². The molecule has 2 nitrogen and oxygen atoms in total. The van der Waals surface area contributed by atoms with Crippen molar-refractivity contribution < 1.29 is 4.79 Å². The fourth-order valence-electron chi connectivity index (χ4n) is 6.94. The molecular formula is C17H27NO. The molecule has 0 N–H and O–H groups in total. The monoisotopic (exact) mass is 261 g/mol. The Morgan fingerprint density at radius 1 is 0.947 bits per heavy atom. The zero-order chi connectivity index (χ0) is 13.3. The van der Waals surface area contributed by atoms with E-state index in [-0.39, 0.29) is 5.41 Å². The Kier molecular flexibility index (Phi) is 2.29. The highest BCUT2D eigenvalue weighted by atomic mass is 16.2. The molecule has 0 radical (unpaired) electrons. The van der Waals surface area contributed by atoms with E-state index in [4.69, 9.17) is 0 Å². The first kappa shape index (κ1) is 12.2. The summed E-state index contributed by atoms with van der Waals surface area (Å²) in [5.41, 5.74) is 0.959. The summed E-state index contributed by atoms with van der Waals surface area (Å²) < 4.78 is 0. The maximum atomic E-state index is 13.1. The number of hydrogen-bond donors (Lipinski definition) is 0. The zero-order valence-electron chi connectivity index (χ0n) is 12.5. The summed E-state index contributed by atoms with van der Waals surface area (Å²) in [5, 5.41) is 0. The average molecular weight is 261 g/mol. The number of rotatable bonds is 1. The summed E-state index contributed by atoms with van der Waals surface area (Å²) in [4.78, 5) is 15.3. The first-order chi connectivity index (χ1) is 8.92. The standard InChI is InChI=1S/C17H27NO/c1-15-7-13-8-16(2,10-15)12-17(9-13,11-15)14(19)18-5-3-4-6-18/h13H,3-12H2,1-2H3/t13?,15-,16-,17?/m0/s1. The summed E-state index contributed by atoms with van der Waals surface area (Å²) in [6.07, 6.45) is 10.1. The summed E-state index contributed by atoms with van der Waals surface area (Å²) in [6, 6.07) is 0. The molecule has 4 bridgehead atoms. The Bertz CT molecular complexity index is 405. The van der Waals surface area contributed by atoms with Crippen LogP contribution in [0.15, 0.2) is 0 Å². The molecule has 1 amide bonds. The van der Waals surface area contributed by atoms with Gasteiger partial charge in [-0.2, -0.15) is 0 Å². The van der Waals surface area contributed by atoms with Crippen molar-refractivity contribution in [2.45, 2.75) is 65.2 Å². The normalized spacial score (nSPS) is 51.9. The van der Waals surface area contributed by atoms with Crippen LogP contribution >= 0.6 is 0 Å². The minimum absolute atomic E-state index is 0.0350. The van der Waals surface area contributed by atoms with Gasteiger partial charge in [-0.25, -0.2) is 0 Å². The predicted octanol–water partition coefficient (Wildman–Crippen LogP) is 3.61. The summed E-state index contributed by atoms with van der Waals surface area (Å²) in [7, 11) is 0. The molecule has 2 atom stereocenters. The molecule has 2 heteroatoms. The van der Waals surface area contributed by atoms with Crippen molar-refractivity contribution in [2.24, 2.45) is 22.2 Å². The van der Waals surface area contributed by atoms with Gasteiger partial charge in [-0.05, 0) is 68.1 Å². The molecule has 5 rings (SSSR count). The average Bonchev–Trinajstić information content (AvgIpc) is 2.75. The van der Waals surface area contributed by atoms with E-state index in [1.165, 1.54) is 51.4 Å². The molecule has 5 aliphatic rings. The number of carbonyl (C=O) groups excluding carboxylic acids is 1. The van der Waals surface area contributed by atoms with Gasteiger partial charge in [0.1, 0.15) is 0 Å². The summed E-state index contributed by atoms with van der Waals surface area (Å²) in [5.74, 6) is 1.37. The second-order valence-corrected chi connectivity index (χ2v) is 8.91. The SMILES string of the molecule is C[C@@]12CC3CC(C(=O)N4CCCC4)(C1)C[C@@](C)(C3)C2. The third-order valence-electron chi connectivity index (χ3n) is 6.47. The molecule has 1 aliphatic heterocycles. The van der Waals surface area contributed by atoms with Crippen LogP contribution in [0.1, 0.15) is 65.2 Å². The van der Waals surface area contributed by atoms with Crippen molar-refractivity contribution in [3.63, 3.8) is 0 Å². The van der Waals surface area contributed by atoms with Gasteiger partial charge in [-0.1, -0.05) is 13.8 Å². The molecule has 0 aromatic heterocycles. The molecule has 1 saturated heterocycles. The minimum atomic E-state index is 0.0350. The van der Waals surface area contributed by atoms with Crippen molar-refractivity contribution in [1.82, 2.24) is 4.90 Å². The van der Waals surface area contributed by atoms with Crippen LogP contribution in [0, 0.1) is 22.2 Å². The van der Waals surface area contributed by atoms with Crippen molar-refractivity contribution in [2.75, 3.05) is 13.1 Å². The van der Waals surface area contributed by atoms with Crippen LogP contribution < -0.4 is 0 Å². The fourth-order valence-corrected chi connectivity index (χ4v) is 6.94. The highest BCUT2D eigenvalue weighted by Crippen LogP contribution is 2.69. The van der Waals surface area contributed by atoms with E-state index in [9.17, 15) is 4.79 Å². The lowest BCUT2D eigenvalue weighted by Gasteiger charge is -2.65. The Labute approximate surface area is 116 Å². The largest absolute Gasteiger partial charge is 0.342 e. The number of amides is 1.